The Hall–Kier alpha value is -1.40. The molecule has 0 N–H and O–H groups in total. The maximum atomic E-state index is 11.8. The molecule has 0 aromatic rings. The van der Waals surface area contributed by atoms with Crippen LogP contribution in [0.25, 0.3) is 0 Å². The van der Waals surface area contributed by atoms with Gasteiger partial charge < -0.3 is 19.3 Å². The Kier molecular flexibility index (Phi) is 17.5. The predicted octanol–water partition coefficient (Wildman–Crippen LogP) is 4.15. The Balaban J connectivity index is 3.98. The van der Waals surface area contributed by atoms with E-state index in [4.69, 9.17) is 9.47 Å². The maximum absolute atomic E-state index is 11.8. The molecule has 176 valence electrons. The minimum absolute atomic E-state index is 0.361. The van der Waals surface area contributed by atoms with E-state index >= 15 is 0 Å². The van der Waals surface area contributed by atoms with Crippen molar-refractivity contribution in [2.45, 2.75) is 67.2 Å². The lowest BCUT2D eigenvalue weighted by Crippen LogP contribution is -2.30. The summed E-state index contributed by atoms with van der Waals surface area (Å²) in [5.41, 5.74) is 0. The first-order chi connectivity index (χ1) is 14.3. The number of esters is 2. The van der Waals surface area contributed by atoms with Crippen LogP contribution >= 0.6 is 0 Å². The summed E-state index contributed by atoms with van der Waals surface area (Å²) in [7, 11) is 0. The molecule has 0 aromatic heterocycles. The molecule has 0 fully saturated rings. The number of rotatable bonds is 18. The summed E-state index contributed by atoms with van der Waals surface area (Å²) < 4.78 is 10.4. The van der Waals surface area contributed by atoms with E-state index in [0.717, 1.165) is 77.1 Å². The summed E-state index contributed by atoms with van der Waals surface area (Å²) >= 11 is 0. The predicted molar refractivity (Wildman–Crippen MR) is 123 cm³/mol. The first-order valence-electron chi connectivity index (χ1n) is 11.7. The molecule has 0 heterocycles. The van der Waals surface area contributed by atoms with Crippen LogP contribution < -0.4 is 0 Å². The van der Waals surface area contributed by atoms with E-state index < -0.39 is 11.9 Å². The van der Waals surface area contributed by atoms with Crippen LogP contribution in [0.15, 0.2) is 12.2 Å². The third kappa shape index (κ3) is 17.5. The van der Waals surface area contributed by atoms with E-state index in [1.54, 1.807) is 0 Å². The summed E-state index contributed by atoms with van der Waals surface area (Å²) in [6.45, 7) is 20.0. The zero-order chi connectivity index (χ0) is 22.8. The average Bonchev–Trinajstić information content (AvgIpc) is 2.66. The minimum Gasteiger partial charge on any atom is -0.462 e. The lowest BCUT2D eigenvalue weighted by Gasteiger charge is -2.23. The van der Waals surface area contributed by atoms with Crippen molar-refractivity contribution in [3.05, 3.63) is 12.2 Å². The molecule has 30 heavy (non-hydrogen) atoms. The Labute approximate surface area is 185 Å². The standard InChI is InChI=1S/C24H46N2O4/c1-7-13-25(19-21(3)4)15-9-17-29-23(27)11-12-24(28)30-18-10-16-26(14-8-2)20-22(5)6/h11-12,21-22H,7-10,13-20H2,1-6H3/b12-11-. The van der Waals surface area contributed by atoms with Crippen molar-refractivity contribution < 1.29 is 19.1 Å². The summed E-state index contributed by atoms with van der Waals surface area (Å²) in [4.78, 5) is 28.3. The molecule has 6 nitrogen and oxygen atoms in total. The summed E-state index contributed by atoms with van der Waals surface area (Å²) in [5.74, 6) is 0.253. The highest BCUT2D eigenvalue weighted by Crippen LogP contribution is 2.03. The number of hydrogen-bond acceptors (Lipinski definition) is 6. The van der Waals surface area contributed by atoms with Gasteiger partial charge in [-0.3, -0.25) is 0 Å². The van der Waals surface area contributed by atoms with Gasteiger partial charge in [-0.25, -0.2) is 9.59 Å². The van der Waals surface area contributed by atoms with Crippen molar-refractivity contribution in [1.29, 1.82) is 0 Å². The third-order valence-corrected chi connectivity index (χ3v) is 4.41. The van der Waals surface area contributed by atoms with E-state index in [2.05, 4.69) is 51.3 Å². The second kappa shape index (κ2) is 18.4. The monoisotopic (exact) mass is 426 g/mol. The fourth-order valence-electron chi connectivity index (χ4n) is 3.41. The van der Waals surface area contributed by atoms with Crippen LogP contribution in [0.1, 0.15) is 67.2 Å². The van der Waals surface area contributed by atoms with Crippen molar-refractivity contribution in [2.75, 3.05) is 52.5 Å². The average molecular weight is 427 g/mol. The third-order valence-electron chi connectivity index (χ3n) is 4.41. The van der Waals surface area contributed by atoms with E-state index in [0.29, 0.717) is 25.0 Å². The van der Waals surface area contributed by atoms with E-state index in [9.17, 15) is 9.59 Å². The fourth-order valence-corrected chi connectivity index (χ4v) is 3.41. The highest BCUT2D eigenvalue weighted by molar-refractivity contribution is 5.91. The van der Waals surface area contributed by atoms with Gasteiger partial charge in [0.15, 0.2) is 0 Å². The lowest BCUT2D eigenvalue weighted by atomic mass is 10.2. The molecule has 0 aliphatic carbocycles. The van der Waals surface area contributed by atoms with Gasteiger partial charge in [0, 0.05) is 38.3 Å². The van der Waals surface area contributed by atoms with Crippen LogP contribution in [-0.2, 0) is 19.1 Å². The molecule has 0 aliphatic rings. The SMILES string of the molecule is CCCN(CCCOC(=O)/C=C\C(=O)OCCCN(CCC)CC(C)C)CC(C)C. The Bertz CT molecular complexity index is 436. The van der Waals surface area contributed by atoms with Crippen molar-refractivity contribution in [3.63, 3.8) is 0 Å². The van der Waals surface area contributed by atoms with Gasteiger partial charge in [-0.15, -0.1) is 0 Å². The molecule has 0 saturated heterocycles. The number of carbonyl (C=O) groups is 2. The zero-order valence-electron chi connectivity index (χ0n) is 20.3. The Morgan fingerprint density at radius 1 is 0.700 bits per heavy atom. The number of nitrogens with zero attached hydrogens (tertiary/aromatic N) is 2. The van der Waals surface area contributed by atoms with Gasteiger partial charge in [0.25, 0.3) is 0 Å². The molecule has 0 amide bonds. The highest BCUT2D eigenvalue weighted by atomic mass is 16.5. The highest BCUT2D eigenvalue weighted by Gasteiger charge is 2.08. The Morgan fingerprint density at radius 2 is 1.07 bits per heavy atom. The minimum atomic E-state index is -0.496. The van der Waals surface area contributed by atoms with Crippen molar-refractivity contribution in [2.24, 2.45) is 11.8 Å². The maximum Gasteiger partial charge on any atom is 0.331 e. The van der Waals surface area contributed by atoms with Gasteiger partial charge in [0.2, 0.25) is 0 Å². The van der Waals surface area contributed by atoms with Crippen LogP contribution in [0, 0.1) is 11.8 Å². The van der Waals surface area contributed by atoms with Crippen LogP contribution in [-0.4, -0.2) is 74.2 Å². The summed E-state index contributed by atoms with van der Waals surface area (Å²) in [5, 5.41) is 0. The molecule has 0 spiro atoms. The largest absolute Gasteiger partial charge is 0.462 e. The molecule has 0 rings (SSSR count). The molecular weight excluding hydrogens is 380 g/mol. The second-order valence-corrected chi connectivity index (χ2v) is 8.76. The molecular formula is C24H46N2O4. The van der Waals surface area contributed by atoms with Crippen molar-refractivity contribution in [3.8, 4) is 0 Å². The van der Waals surface area contributed by atoms with Crippen molar-refractivity contribution in [1.82, 2.24) is 9.80 Å². The van der Waals surface area contributed by atoms with E-state index in [1.165, 1.54) is 0 Å². The molecule has 0 aromatic carbocycles. The van der Waals surface area contributed by atoms with Crippen molar-refractivity contribution >= 4 is 11.9 Å². The molecule has 0 bridgehead atoms. The molecule has 0 atom stereocenters. The number of hydrogen-bond donors (Lipinski definition) is 0. The molecule has 0 saturated carbocycles. The fraction of sp³-hybridized carbons (Fsp3) is 0.833. The van der Waals surface area contributed by atoms with Crippen LogP contribution in [0.5, 0.6) is 0 Å². The smallest absolute Gasteiger partial charge is 0.331 e. The van der Waals surface area contributed by atoms with Gasteiger partial charge in [0.05, 0.1) is 13.2 Å². The van der Waals surface area contributed by atoms with Gasteiger partial charge in [-0.2, -0.15) is 0 Å². The Morgan fingerprint density at radius 3 is 1.37 bits per heavy atom. The molecule has 6 heteroatoms. The normalized spacial score (nSPS) is 11.9. The van der Waals surface area contributed by atoms with E-state index in [1.807, 2.05) is 0 Å². The molecule has 0 unspecified atom stereocenters. The number of carbonyl (C=O) groups excluding carboxylic acids is 2. The summed E-state index contributed by atoms with van der Waals surface area (Å²) in [6.07, 6.45) is 6.13. The van der Waals surface area contributed by atoms with Crippen LogP contribution in [0.4, 0.5) is 0 Å². The van der Waals surface area contributed by atoms with Gasteiger partial charge in [-0.05, 0) is 50.6 Å². The second-order valence-electron chi connectivity index (χ2n) is 8.76. The molecule has 0 aliphatic heterocycles. The van der Waals surface area contributed by atoms with Gasteiger partial charge >= 0.3 is 11.9 Å². The topological polar surface area (TPSA) is 59.1 Å². The summed E-state index contributed by atoms with van der Waals surface area (Å²) in [6, 6.07) is 0. The van der Waals surface area contributed by atoms with Gasteiger partial charge in [-0.1, -0.05) is 41.5 Å². The molecule has 0 radical (unpaired) electrons. The van der Waals surface area contributed by atoms with Gasteiger partial charge in [0.1, 0.15) is 0 Å². The zero-order valence-corrected chi connectivity index (χ0v) is 20.3. The number of ether oxygens (including phenoxy) is 2. The van der Waals surface area contributed by atoms with Crippen LogP contribution in [0.3, 0.4) is 0 Å². The van der Waals surface area contributed by atoms with E-state index in [-0.39, 0.29) is 0 Å². The first kappa shape index (κ1) is 28.6. The lowest BCUT2D eigenvalue weighted by molar-refractivity contribution is -0.140. The van der Waals surface area contributed by atoms with Crippen LogP contribution in [0.2, 0.25) is 0 Å². The quantitative estimate of drug-likeness (QED) is 0.186. The first-order valence-corrected chi connectivity index (χ1v) is 11.7.